The summed E-state index contributed by atoms with van der Waals surface area (Å²) >= 11 is 5.19. The molecule has 82 valence electrons. The Balaban J connectivity index is 2.61. The summed E-state index contributed by atoms with van der Waals surface area (Å²) in [4.78, 5) is 15.9. The molecule has 0 aromatic carbocycles. The predicted octanol–water partition coefficient (Wildman–Crippen LogP) is 2.52. The van der Waals surface area contributed by atoms with E-state index >= 15 is 0 Å². The lowest BCUT2D eigenvalue weighted by Crippen LogP contribution is -1.99. The summed E-state index contributed by atoms with van der Waals surface area (Å²) in [5.74, 6) is 1.41. The molecule has 0 aliphatic rings. The fourth-order valence-electron chi connectivity index (χ4n) is 1.35. The number of aryl methyl sites for hydroxylation is 2. The van der Waals surface area contributed by atoms with E-state index in [1.165, 1.54) is 0 Å². The van der Waals surface area contributed by atoms with Crippen LogP contribution >= 0.6 is 12.2 Å². The van der Waals surface area contributed by atoms with Crippen LogP contribution in [0.3, 0.4) is 0 Å². The van der Waals surface area contributed by atoms with E-state index in [2.05, 4.69) is 19.9 Å². The second-order valence-electron chi connectivity index (χ2n) is 3.63. The van der Waals surface area contributed by atoms with E-state index < -0.39 is 0 Å². The van der Waals surface area contributed by atoms with Crippen LogP contribution in [0.5, 0.6) is 0 Å². The minimum Gasteiger partial charge on any atom is -0.342 e. The molecule has 2 heterocycles. The van der Waals surface area contributed by atoms with E-state index in [-0.39, 0.29) is 0 Å². The Morgan fingerprint density at radius 2 is 1.94 bits per heavy atom. The molecule has 2 rings (SSSR count). The quantitative estimate of drug-likeness (QED) is 0.768. The summed E-state index contributed by atoms with van der Waals surface area (Å²) in [5, 5.41) is 0. The van der Waals surface area contributed by atoms with Crippen molar-refractivity contribution in [2.45, 2.75) is 20.8 Å². The van der Waals surface area contributed by atoms with Crippen LogP contribution in [0.15, 0.2) is 12.3 Å². The number of H-pyrrole nitrogens is 1. The van der Waals surface area contributed by atoms with Gasteiger partial charge in [-0.05, 0) is 26.8 Å². The van der Waals surface area contributed by atoms with Crippen molar-refractivity contribution in [3.8, 4) is 11.5 Å². The zero-order chi connectivity index (χ0) is 11.7. The average Bonchev–Trinajstić information content (AvgIpc) is 2.25. The monoisotopic (exact) mass is 232 g/mol. The molecule has 4 nitrogen and oxygen atoms in total. The van der Waals surface area contributed by atoms with Crippen LogP contribution in [0.2, 0.25) is 0 Å². The molecule has 5 heteroatoms. The first-order chi connectivity index (χ1) is 7.58. The van der Waals surface area contributed by atoms with Gasteiger partial charge in [0, 0.05) is 17.5 Å². The lowest BCUT2D eigenvalue weighted by molar-refractivity contribution is 1.00. The van der Waals surface area contributed by atoms with Gasteiger partial charge in [-0.1, -0.05) is 12.2 Å². The number of hydrogen-bond donors (Lipinski definition) is 1. The lowest BCUT2D eigenvalue weighted by Gasteiger charge is -2.05. The number of aromatic amines is 1. The SMILES string of the molecule is Cc1nccc(-c2nc(=S)c(C)c(C)[nH]2)n1. The highest BCUT2D eigenvalue weighted by atomic mass is 32.1. The van der Waals surface area contributed by atoms with Crippen LogP contribution < -0.4 is 0 Å². The van der Waals surface area contributed by atoms with Crippen molar-refractivity contribution in [2.75, 3.05) is 0 Å². The second-order valence-corrected chi connectivity index (χ2v) is 4.02. The molecule has 2 aromatic heterocycles. The summed E-state index contributed by atoms with van der Waals surface area (Å²) in [6, 6.07) is 1.81. The van der Waals surface area contributed by atoms with Gasteiger partial charge in [0.05, 0.1) is 0 Å². The number of rotatable bonds is 1. The molecule has 2 aromatic rings. The van der Waals surface area contributed by atoms with Gasteiger partial charge in [0.2, 0.25) is 0 Å². The number of hydrogen-bond acceptors (Lipinski definition) is 4. The molecule has 0 saturated carbocycles. The van der Waals surface area contributed by atoms with E-state index in [0.29, 0.717) is 10.5 Å². The molecule has 0 atom stereocenters. The van der Waals surface area contributed by atoms with E-state index in [1.807, 2.05) is 26.8 Å². The molecular weight excluding hydrogens is 220 g/mol. The van der Waals surface area contributed by atoms with Gasteiger partial charge in [-0.15, -0.1) is 0 Å². The Bertz CT molecular complexity index is 589. The summed E-state index contributed by atoms with van der Waals surface area (Å²) in [5.41, 5.74) is 2.79. The maximum atomic E-state index is 5.19. The Morgan fingerprint density at radius 3 is 2.56 bits per heavy atom. The van der Waals surface area contributed by atoms with Crippen molar-refractivity contribution in [1.29, 1.82) is 0 Å². The molecule has 0 aliphatic carbocycles. The zero-order valence-corrected chi connectivity index (χ0v) is 10.2. The van der Waals surface area contributed by atoms with Gasteiger partial charge in [0.1, 0.15) is 16.2 Å². The minimum absolute atomic E-state index is 0.613. The standard InChI is InChI=1S/C11H12N4S/c1-6-7(2)13-10(15-11(6)16)9-4-5-12-8(3)14-9/h4-5H,1-3H3,(H,13,15,16). The van der Waals surface area contributed by atoms with Crippen molar-refractivity contribution >= 4 is 12.2 Å². The fraction of sp³-hybridized carbons (Fsp3) is 0.273. The van der Waals surface area contributed by atoms with Crippen LogP contribution in [-0.2, 0) is 0 Å². The molecule has 1 N–H and O–H groups in total. The average molecular weight is 232 g/mol. The normalized spacial score (nSPS) is 10.4. The van der Waals surface area contributed by atoms with Crippen LogP contribution in [-0.4, -0.2) is 19.9 Å². The third kappa shape index (κ3) is 1.99. The van der Waals surface area contributed by atoms with Gasteiger partial charge in [-0.25, -0.2) is 15.0 Å². The van der Waals surface area contributed by atoms with Crippen LogP contribution in [0.25, 0.3) is 11.5 Å². The fourth-order valence-corrected chi connectivity index (χ4v) is 1.60. The van der Waals surface area contributed by atoms with Gasteiger partial charge in [0.25, 0.3) is 0 Å². The van der Waals surface area contributed by atoms with E-state index in [9.17, 15) is 0 Å². The summed E-state index contributed by atoms with van der Waals surface area (Å²) in [6.45, 7) is 5.78. The van der Waals surface area contributed by atoms with Crippen LogP contribution in [0.4, 0.5) is 0 Å². The molecule has 0 unspecified atom stereocenters. The van der Waals surface area contributed by atoms with E-state index in [1.54, 1.807) is 6.20 Å². The van der Waals surface area contributed by atoms with Crippen molar-refractivity contribution < 1.29 is 0 Å². The van der Waals surface area contributed by atoms with Crippen molar-refractivity contribution in [2.24, 2.45) is 0 Å². The molecule has 0 amide bonds. The van der Waals surface area contributed by atoms with Gasteiger partial charge in [-0.3, -0.25) is 0 Å². The van der Waals surface area contributed by atoms with Gasteiger partial charge in [0.15, 0.2) is 5.82 Å². The van der Waals surface area contributed by atoms with E-state index in [4.69, 9.17) is 12.2 Å². The minimum atomic E-state index is 0.613. The molecule has 0 saturated heterocycles. The Kier molecular flexibility index (Phi) is 2.78. The lowest BCUT2D eigenvalue weighted by atomic mass is 10.2. The van der Waals surface area contributed by atoms with Gasteiger partial charge in [-0.2, -0.15) is 0 Å². The molecule has 0 aliphatic heterocycles. The largest absolute Gasteiger partial charge is 0.342 e. The highest BCUT2D eigenvalue weighted by molar-refractivity contribution is 7.71. The highest BCUT2D eigenvalue weighted by Crippen LogP contribution is 2.14. The van der Waals surface area contributed by atoms with Crippen LogP contribution in [0, 0.1) is 25.4 Å². The number of nitrogens with one attached hydrogen (secondary N) is 1. The van der Waals surface area contributed by atoms with Crippen LogP contribution in [0.1, 0.15) is 17.1 Å². The van der Waals surface area contributed by atoms with Gasteiger partial charge >= 0.3 is 0 Å². The summed E-state index contributed by atoms with van der Waals surface area (Å²) in [6.07, 6.45) is 1.71. The summed E-state index contributed by atoms with van der Waals surface area (Å²) < 4.78 is 0.613. The highest BCUT2D eigenvalue weighted by Gasteiger charge is 2.05. The Hall–Kier alpha value is -1.62. The first-order valence-electron chi connectivity index (χ1n) is 4.95. The molecule has 16 heavy (non-hydrogen) atoms. The molecular formula is C11H12N4S. The molecule has 0 bridgehead atoms. The Morgan fingerprint density at radius 1 is 1.19 bits per heavy atom. The Labute approximate surface area is 98.8 Å². The molecule has 0 spiro atoms. The third-order valence-corrected chi connectivity index (χ3v) is 2.82. The molecule has 0 radical (unpaired) electrons. The maximum Gasteiger partial charge on any atom is 0.157 e. The number of aromatic nitrogens is 4. The van der Waals surface area contributed by atoms with E-state index in [0.717, 1.165) is 22.8 Å². The first kappa shape index (κ1) is 10.9. The second kappa shape index (κ2) is 4.09. The van der Waals surface area contributed by atoms with Gasteiger partial charge < -0.3 is 4.98 Å². The molecule has 0 fully saturated rings. The third-order valence-electron chi connectivity index (χ3n) is 2.42. The van der Waals surface area contributed by atoms with Crippen molar-refractivity contribution in [3.63, 3.8) is 0 Å². The topological polar surface area (TPSA) is 54.5 Å². The maximum absolute atomic E-state index is 5.19. The summed E-state index contributed by atoms with van der Waals surface area (Å²) in [7, 11) is 0. The predicted molar refractivity (Wildman–Crippen MR) is 64.7 cm³/mol. The first-order valence-corrected chi connectivity index (χ1v) is 5.36. The zero-order valence-electron chi connectivity index (χ0n) is 9.40. The van der Waals surface area contributed by atoms with Crippen molar-refractivity contribution in [1.82, 2.24) is 19.9 Å². The number of nitrogens with zero attached hydrogens (tertiary/aromatic N) is 3. The smallest absolute Gasteiger partial charge is 0.157 e. The van der Waals surface area contributed by atoms with Crippen molar-refractivity contribution in [3.05, 3.63) is 34.0 Å².